The van der Waals surface area contributed by atoms with Crippen LogP contribution in [-0.2, 0) is 26.2 Å². The molecule has 0 spiro atoms. The van der Waals surface area contributed by atoms with Gasteiger partial charge in [-0.25, -0.2) is 4.72 Å². The molecule has 1 aromatic heterocycles. The molecule has 1 aromatic carbocycles. The Bertz CT molecular complexity index is 988. The van der Waals surface area contributed by atoms with Crippen LogP contribution in [0.25, 0.3) is 10.1 Å². The fraction of sp³-hybridized carbons (Fsp3) is 0.333. The van der Waals surface area contributed by atoms with Crippen LogP contribution in [0.4, 0.5) is 0 Å². The van der Waals surface area contributed by atoms with E-state index in [1.165, 1.54) is 0 Å². The summed E-state index contributed by atoms with van der Waals surface area (Å²) in [6.07, 6.45) is 0.196. The van der Waals surface area contributed by atoms with Gasteiger partial charge in [-0.2, -0.15) is 12.7 Å². The van der Waals surface area contributed by atoms with E-state index in [0.29, 0.717) is 5.02 Å². The van der Waals surface area contributed by atoms with Gasteiger partial charge in [0.05, 0.1) is 6.42 Å². The molecule has 2 amide bonds. The second kappa shape index (κ2) is 5.94. The fourth-order valence-electron chi connectivity index (χ4n) is 3.21. The van der Waals surface area contributed by atoms with Gasteiger partial charge in [0.1, 0.15) is 6.04 Å². The first-order chi connectivity index (χ1) is 11.8. The first kappa shape index (κ1) is 16.8. The summed E-state index contributed by atoms with van der Waals surface area (Å²) in [5, 5.41) is 3.49. The van der Waals surface area contributed by atoms with E-state index in [2.05, 4.69) is 0 Å². The van der Waals surface area contributed by atoms with E-state index in [1.807, 2.05) is 28.3 Å². The molecule has 7 nitrogen and oxygen atoms in total. The molecule has 2 fully saturated rings. The van der Waals surface area contributed by atoms with Crippen LogP contribution in [0.15, 0.2) is 23.6 Å². The average molecular weight is 400 g/mol. The summed E-state index contributed by atoms with van der Waals surface area (Å²) in [6.45, 7) is 0.465. The van der Waals surface area contributed by atoms with Gasteiger partial charge in [0.25, 0.3) is 5.91 Å². The number of fused-ring (bicyclic) bond motifs is 2. The van der Waals surface area contributed by atoms with Crippen molar-refractivity contribution < 1.29 is 18.0 Å². The molecule has 0 saturated carbocycles. The molecule has 4 rings (SSSR count). The molecular weight excluding hydrogens is 386 g/mol. The lowest BCUT2D eigenvalue weighted by molar-refractivity contribution is -0.134. The lowest BCUT2D eigenvalue weighted by atomic mass is 10.1. The summed E-state index contributed by atoms with van der Waals surface area (Å²) in [5.74, 6) is -0.707. The van der Waals surface area contributed by atoms with Crippen molar-refractivity contribution >= 4 is 55.0 Å². The van der Waals surface area contributed by atoms with E-state index >= 15 is 0 Å². The van der Waals surface area contributed by atoms with Crippen LogP contribution >= 0.6 is 22.9 Å². The molecule has 0 bridgehead atoms. The minimum Gasteiger partial charge on any atom is -0.339 e. The highest BCUT2D eigenvalue weighted by atomic mass is 35.5. The Morgan fingerprint density at radius 2 is 2.16 bits per heavy atom. The molecule has 2 aliphatic heterocycles. The lowest BCUT2D eigenvalue weighted by Crippen LogP contribution is -2.55. The van der Waals surface area contributed by atoms with Crippen molar-refractivity contribution in [3.8, 4) is 0 Å². The number of piperazine rings is 1. The summed E-state index contributed by atoms with van der Waals surface area (Å²) in [6, 6.07) is 4.73. The van der Waals surface area contributed by atoms with Crippen molar-refractivity contribution in [1.82, 2.24) is 13.9 Å². The van der Waals surface area contributed by atoms with Crippen molar-refractivity contribution in [1.29, 1.82) is 0 Å². The summed E-state index contributed by atoms with van der Waals surface area (Å²) in [7, 11) is -3.75. The Labute approximate surface area is 153 Å². The van der Waals surface area contributed by atoms with E-state index < -0.39 is 22.2 Å². The summed E-state index contributed by atoms with van der Waals surface area (Å²) in [5.41, 5.74) is 0.887. The van der Waals surface area contributed by atoms with Gasteiger partial charge in [-0.1, -0.05) is 11.6 Å². The highest BCUT2D eigenvalue weighted by Crippen LogP contribution is 2.29. The van der Waals surface area contributed by atoms with Crippen LogP contribution < -0.4 is 4.72 Å². The Balaban J connectivity index is 1.52. The maximum Gasteiger partial charge on any atom is 0.304 e. The standard InChI is InChI=1S/C15H14ClN3O4S2/c16-10-1-2-13-11(6-10)9(8-24-13)5-14(20)18-3-4-19-12(7-18)15(21)17-25(19,22)23/h1-2,6,8,12H,3-5,7H2,(H,17,21). The highest BCUT2D eigenvalue weighted by Gasteiger charge is 2.47. The van der Waals surface area contributed by atoms with Crippen LogP contribution in [0.1, 0.15) is 5.56 Å². The molecule has 1 unspecified atom stereocenters. The summed E-state index contributed by atoms with van der Waals surface area (Å²) in [4.78, 5) is 26.0. The van der Waals surface area contributed by atoms with E-state index in [4.69, 9.17) is 11.6 Å². The maximum absolute atomic E-state index is 12.6. The Kier molecular flexibility index (Phi) is 3.99. The molecular formula is C15H14ClN3O4S2. The number of amides is 2. The predicted octanol–water partition coefficient (Wildman–Crippen LogP) is 0.985. The zero-order chi connectivity index (χ0) is 17.8. The molecule has 1 atom stereocenters. The van der Waals surface area contributed by atoms with E-state index in [0.717, 1.165) is 20.0 Å². The van der Waals surface area contributed by atoms with Crippen molar-refractivity contribution in [2.75, 3.05) is 19.6 Å². The second-order valence-electron chi connectivity index (χ2n) is 6.02. The van der Waals surface area contributed by atoms with Crippen molar-refractivity contribution in [2.45, 2.75) is 12.5 Å². The third-order valence-electron chi connectivity index (χ3n) is 4.48. The zero-order valence-electron chi connectivity index (χ0n) is 12.9. The third-order valence-corrected chi connectivity index (χ3v) is 7.24. The highest BCUT2D eigenvalue weighted by molar-refractivity contribution is 7.88. The monoisotopic (exact) mass is 399 g/mol. The molecule has 3 heterocycles. The predicted molar refractivity (Wildman–Crippen MR) is 94.7 cm³/mol. The van der Waals surface area contributed by atoms with Crippen LogP contribution in [0.3, 0.4) is 0 Å². The van der Waals surface area contributed by atoms with Gasteiger partial charge in [0, 0.05) is 29.4 Å². The van der Waals surface area contributed by atoms with E-state index in [9.17, 15) is 18.0 Å². The van der Waals surface area contributed by atoms with Crippen LogP contribution in [-0.4, -0.2) is 55.1 Å². The smallest absolute Gasteiger partial charge is 0.304 e. The summed E-state index contributed by atoms with van der Waals surface area (Å²) < 4.78 is 27.8. The van der Waals surface area contributed by atoms with Gasteiger partial charge in [0.2, 0.25) is 5.91 Å². The minimum atomic E-state index is -3.75. The molecule has 25 heavy (non-hydrogen) atoms. The maximum atomic E-state index is 12.6. The quantitative estimate of drug-likeness (QED) is 0.815. The first-order valence-electron chi connectivity index (χ1n) is 7.62. The second-order valence-corrected chi connectivity index (χ2v) is 8.99. The molecule has 2 aromatic rings. The number of hydrogen-bond donors (Lipinski definition) is 1. The number of thiophene rings is 1. The molecule has 0 radical (unpaired) electrons. The molecule has 0 aliphatic carbocycles. The number of carbonyl (C=O) groups excluding carboxylic acids is 2. The number of hydrogen-bond acceptors (Lipinski definition) is 5. The van der Waals surface area contributed by atoms with Gasteiger partial charge >= 0.3 is 10.2 Å². The number of rotatable bonds is 2. The van der Waals surface area contributed by atoms with Crippen LogP contribution in [0, 0.1) is 0 Å². The van der Waals surface area contributed by atoms with Gasteiger partial charge in [-0.3, -0.25) is 9.59 Å². The third kappa shape index (κ3) is 2.91. The van der Waals surface area contributed by atoms with E-state index in [1.54, 1.807) is 16.2 Å². The number of nitrogens with one attached hydrogen (secondary N) is 1. The van der Waals surface area contributed by atoms with Crippen LogP contribution in [0.5, 0.6) is 0 Å². The van der Waals surface area contributed by atoms with Gasteiger partial charge in [0.15, 0.2) is 0 Å². The Morgan fingerprint density at radius 1 is 1.36 bits per heavy atom. The molecule has 132 valence electrons. The van der Waals surface area contributed by atoms with Gasteiger partial charge in [-0.05, 0) is 34.5 Å². The van der Waals surface area contributed by atoms with Crippen LogP contribution in [0.2, 0.25) is 5.02 Å². The Morgan fingerprint density at radius 3 is 2.96 bits per heavy atom. The number of benzene rings is 1. The SMILES string of the molecule is O=C1NS(=O)(=O)N2CCN(C(=O)Cc3csc4ccc(Cl)cc34)CC12. The van der Waals surface area contributed by atoms with E-state index in [-0.39, 0.29) is 32.0 Å². The van der Waals surface area contributed by atoms with Crippen molar-refractivity contribution in [2.24, 2.45) is 0 Å². The first-order valence-corrected chi connectivity index (χ1v) is 10.3. The van der Waals surface area contributed by atoms with Crippen molar-refractivity contribution in [3.63, 3.8) is 0 Å². The van der Waals surface area contributed by atoms with Gasteiger partial charge in [-0.15, -0.1) is 11.3 Å². The molecule has 2 saturated heterocycles. The summed E-state index contributed by atoms with van der Waals surface area (Å²) >= 11 is 7.58. The number of carbonyl (C=O) groups is 2. The van der Waals surface area contributed by atoms with Crippen molar-refractivity contribution in [3.05, 3.63) is 34.2 Å². The number of halogens is 1. The normalized spacial score (nSPS) is 22.8. The molecule has 1 N–H and O–H groups in total. The topological polar surface area (TPSA) is 86.8 Å². The lowest BCUT2D eigenvalue weighted by Gasteiger charge is -2.34. The number of nitrogens with zero attached hydrogens (tertiary/aromatic N) is 2. The van der Waals surface area contributed by atoms with Gasteiger partial charge < -0.3 is 4.90 Å². The molecule has 10 heteroatoms. The fourth-order valence-corrected chi connectivity index (χ4v) is 5.66. The molecule has 2 aliphatic rings. The largest absolute Gasteiger partial charge is 0.339 e. The Hall–Kier alpha value is -1.68. The minimum absolute atomic E-state index is 0.0761. The zero-order valence-corrected chi connectivity index (χ0v) is 15.3. The average Bonchev–Trinajstić information content (AvgIpc) is 3.05.